The normalized spacial score (nSPS) is 19.9. The summed E-state index contributed by atoms with van der Waals surface area (Å²) in [5.74, 6) is -0.488. The lowest BCUT2D eigenvalue weighted by atomic mass is 10.2. The van der Waals surface area contributed by atoms with Gasteiger partial charge in [-0.3, -0.25) is 19.5 Å². The van der Waals surface area contributed by atoms with Crippen molar-refractivity contribution in [1.82, 2.24) is 4.90 Å². The van der Waals surface area contributed by atoms with Crippen molar-refractivity contribution in [2.45, 2.75) is 11.7 Å². The molecule has 9 heteroatoms. The van der Waals surface area contributed by atoms with Gasteiger partial charge in [0.25, 0.3) is 0 Å². The van der Waals surface area contributed by atoms with E-state index in [0.717, 1.165) is 0 Å². The molecular formula is C13H12Cl3N3O2S. The van der Waals surface area contributed by atoms with E-state index in [-0.39, 0.29) is 28.3 Å². The standard InChI is InChI=1S/C13H12Cl3N3O2S/c1-17-13-19(2)12(21)10(22-13)5-11(20)18-9-4-7(15)6(14)3-8(9)16/h3-4,10H,5H2,1-2H3,(H,18,20)/t10-/m1/s1. The van der Waals surface area contributed by atoms with Crippen LogP contribution in [0.1, 0.15) is 6.42 Å². The molecule has 1 aliphatic heterocycles. The molecule has 0 unspecified atom stereocenters. The molecule has 0 saturated carbocycles. The molecule has 118 valence electrons. The molecule has 1 saturated heterocycles. The molecule has 5 nitrogen and oxygen atoms in total. The third kappa shape index (κ3) is 3.68. The Hall–Kier alpha value is -0.950. The molecule has 1 heterocycles. The van der Waals surface area contributed by atoms with E-state index >= 15 is 0 Å². The zero-order chi connectivity index (χ0) is 16.4. The summed E-state index contributed by atoms with van der Waals surface area (Å²) < 4.78 is 0. The lowest BCUT2D eigenvalue weighted by Gasteiger charge is -2.11. The number of thioether (sulfide) groups is 1. The van der Waals surface area contributed by atoms with Crippen molar-refractivity contribution < 1.29 is 9.59 Å². The predicted molar refractivity (Wildman–Crippen MR) is 92.2 cm³/mol. The first-order valence-corrected chi connectivity index (χ1v) is 8.20. The molecule has 1 atom stereocenters. The lowest BCUT2D eigenvalue weighted by Crippen LogP contribution is -2.30. The largest absolute Gasteiger partial charge is 0.325 e. The van der Waals surface area contributed by atoms with E-state index in [2.05, 4.69) is 10.3 Å². The van der Waals surface area contributed by atoms with Gasteiger partial charge in [-0.15, -0.1) is 0 Å². The molecule has 0 aliphatic carbocycles. The molecule has 0 aromatic heterocycles. The Morgan fingerprint density at radius 1 is 1.32 bits per heavy atom. The quantitative estimate of drug-likeness (QED) is 0.816. The number of aliphatic imine (C=N–C) groups is 1. The van der Waals surface area contributed by atoms with Crippen LogP contribution in [0, 0.1) is 0 Å². The molecule has 2 amide bonds. The molecule has 1 aromatic rings. The van der Waals surface area contributed by atoms with Crippen LogP contribution in [0.2, 0.25) is 15.1 Å². The third-order valence-corrected chi connectivity index (χ3v) is 5.34. The van der Waals surface area contributed by atoms with Crippen molar-refractivity contribution in [3.05, 3.63) is 27.2 Å². The summed E-state index contributed by atoms with van der Waals surface area (Å²) in [6.07, 6.45) is 0.0173. The van der Waals surface area contributed by atoms with Crippen molar-refractivity contribution >= 4 is 69.2 Å². The lowest BCUT2D eigenvalue weighted by molar-refractivity contribution is -0.127. The summed E-state index contributed by atoms with van der Waals surface area (Å²) in [6, 6.07) is 2.92. The Labute approximate surface area is 147 Å². The summed E-state index contributed by atoms with van der Waals surface area (Å²) in [5.41, 5.74) is 0.356. The first kappa shape index (κ1) is 17.4. The van der Waals surface area contributed by atoms with Crippen LogP contribution >= 0.6 is 46.6 Å². The topological polar surface area (TPSA) is 61.8 Å². The number of carbonyl (C=O) groups is 2. The van der Waals surface area contributed by atoms with Crippen molar-refractivity contribution in [3.63, 3.8) is 0 Å². The fraction of sp³-hybridized carbons (Fsp3) is 0.308. The van der Waals surface area contributed by atoms with Gasteiger partial charge in [0.15, 0.2) is 5.17 Å². The number of rotatable bonds is 3. The summed E-state index contributed by atoms with van der Waals surface area (Å²) >= 11 is 19.0. The van der Waals surface area contributed by atoms with Gasteiger partial charge in [-0.1, -0.05) is 46.6 Å². The monoisotopic (exact) mass is 379 g/mol. The van der Waals surface area contributed by atoms with Gasteiger partial charge >= 0.3 is 0 Å². The van der Waals surface area contributed by atoms with E-state index < -0.39 is 5.25 Å². The summed E-state index contributed by atoms with van der Waals surface area (Å²) in [7, 11) is 3.23. The second-order valence-electron chi connectivity index (χ2n) is 4.51. The fourth-order valence-electron chi connectivity index (χ4n) is 1.89. The zero-order valence-corrected chi connectivity index (χ0v) is 14.8. The van der Waals surface area contributed by atoms with Crippen molar-refractivity contribution in [2.24, 2.45) is 4.99 Å². The molecule has 0 bridgehead atoms. The SMILES string of the molecule is CN=C1S[C@H](CC(=O)Nc2cc(Cl)c(Cl)cc2Cl)C(=O)N1C. The highest BCUT2D eigenvalue weighted by Crippen LogP contribution is 2.33. The van der Waals surface area contributed by atoms with Gasteiger partial charge < -0.3 is 5.32 Å². The number of hydrogen-bond donors (Lipinski definition) is 1. The molecule has 22 heavy (non-hydrogen) atoms. The maximum atomic E-state index is 12.1. The number of carbonyl (C=O) groups excluding carboxylic acids is 2. The highest BCUT2D eigenvalue weighted by atomic mass is 35.5. The third-order valence-electron chi connectivity index (χ3n) is 2.99. The molecule has 1 fully saturated rings. The van der Waals surface area contributed by atoms with Crippen molar-refractivity contribution in [1.29, 1.82) is 0 Å². The van der Waals surface area contributed by atoms with Gasteiger partial charge in [-0.2, -0.15) is 0 Å². The van der Waals surface area contributed by atoms with Gasteiger partial charge in [-0.25, -0.2) is 0 Å². The average Bonchev–Trinajstić information content (AvgIpc) is 2.72. The van der Waals surface area contributed by atoms with Gasteiger partial charge in [0.2, 0.25) is 11.8 Å². The number of amides is 2. The summed E-state index contributed by atoms with van der Waals surface area (Å²) in [6.45, 7) is 0. The number of anilines is 1. The minimum atomic E-state index is -0.495. The number of halogens is 3. The highest BCUT2D eigenvalue weighted by molar-refractivity contribution is 8.15. The van der Waals surface area contributed by atoms with Gasteiger partial charge in [-0.05, 0) is 12.1 Å². The number of amidine groups is 1. The maximum absolute atomic E-state index is 12.1. The first-order valence-electron chi connectivity index (χ1n) is 6.19. The van der Waals surface area contributed by atoms with E-state index in [1.165, 1.54) is 28.8 Å². The van der Waals surface area contributed by atoms with E-state index in [9.17, 15) is 9.59 Å². The van der Waals surface area contributed by atoms with Crippen LogP contribution in [-0.2, 0) is 9.59 Å². The van der Waals surface area contributed by atoms with Gasteiger partial charge in [0.05, 0.1) is 20.8 Å². The minimum Gasteiger partial charge on any atom is -0.325 e. The molecule has 1 N–H and O–H groups in total. The predicted octanol–water partition coefficient (Wildman–Crippen LogP) is 3.54. The van der Waals surface area contributed by atoms with Gasteiger partial charge in [0, 0.05) is 20.5 Å². The Kier molecular flexibility index (Phi) is 5.60. The Morgan fingerprint density at radius 2 is 1.95 bits per heavy atom. The van der Waals surface area contributed by atoms with Crippen molar-refractivity contribution in [2.75, 3.05) is 19.4 Å². The van der Waals surface area contributed by atoms with Crippen LogP contribution in [0.15, 0.2) is 17.1 Å². The maximum Gasteiger partial charge on any atom is 0.242 e. The second-order valence-corrected chi connectivity index (χ2v) is 6.90. The van der Waals surface area contributed by atoms with E-state index in [0.29, 0.717) is 15.9 Å². The first-order chi connectivity index (χ1) is 10.3. The van der Waals surface area contributed by atoms with Crippen LogP contribution in [0.3, 0.4) is 0 Å². The molecule has 1 aliphatic rings. The molecule has 1 aromatic carbocycles. The van der Waals surface area contributed by atoms with E-state index in [4.69, 9.17) is 34.8 Å². The average molecular weight is 381 g/mol. The number of benzene rings is 1. The van der Waals surface area contributed by atoms with Gasteiger partial charge in [0.1, 0.15) is 5.25 Å². The molecule has 0 spiro atoms. The fourth-order valence-corrected chi connectivity index (χ4v) is 3.58. The van der Waals surface area contributed by atoms with Crippen LogP contribution in [0.25, 0.3) is 0 Å². The number of nitrogens with one attached hydrogen (secondary N) is 1. The Bertz CT molecular complexity index is 666. The van der Waals surface area contributed by atoms with Crippen LogP contribution in [-0.4, -0.2) is 41.2 Å². The number of hydrogen-bond acceptors (Lipinski definition) is 4. The van der Waals surface area contributed by atoms with E-state index in [1.807, 2.05) is 0 Å². The summed E-state index contributed by atoms with van der Waals surface area (Å²) in [4.78, 5) is 29.5. The number of nitrogens with zero attached hydrogens (tertiary/aromatic N) is 2. The molecule has 0 radical (unpaired) electrons. The molecular weight excluding hydrogens is 369 g/mol. The van der Waals surface area contributed by atoms with Crippen LogP contribution in [0.5, 0.6) is 0 Å². The highest BCUT2D eigenvalue weighted by Gasteiger charge is 2.36. The second kappa shape index (κ2) is 7.08. The Morgan fingerprint density at radius 3 is 2.55 bits per heavy atom. The van der Waals surface area contributed by atoms with E-state index in [1.54, 1.807) is 14.1 Å². The van der Waals surface area contributed by atoms with Crippen molar-refractivity contribution in [3.8, 4) is 0 Å². The van der Waals surface area contributed by atoms with Crippen LogP contribution < -0.4 is 5.32 Å². The summed E-state index contributed by atoms with van der Waals surface area (Å²) in [5, 5.41) is 3.60. The van der Waals surface area contributed by atoms with Crippen LogP contribution in [0.4, 0.5) is 5.69 Å². The Balaban J connectivity index is 2.05. The minimum absolute atomic E-state index is 0.0173. The smallest absolute Gasteiger partial charge is 0.242 e. The molecule has 2 rings (SSSR count). The zero-order valence-electron chi connectivity index (χ0n) is 11.7.